The maximum atomic E-state index is 12.3. The molecule has 1 saturated carbocycles. The number of carbonyl (C=O) groups is 1. The fourth-order valence-electron chi connectivity index (χ4n) is 2.39. The fraction of sp³-hybridized carbons (Fsp3) is 0.750. The minimum atomic E-state index is -0.0304. The summed E-state index contributed by atoms with van der Waals surface area (Å²) >= 11 is 1.94. The van der Waals surface area contributed by atoms with Gasteiger partial charge in [-0.1, -0.05) is 13.8 Å². The van der Waals surface area contributed by atoms with Crippen LogP contribution in [0.3, 0.4) is 0 Å². The number of nitrogens with zero attached hydrogens (tertiary/aromatic N) is 3. The number of hydrogen-bond acceptors (Lipinski definition) is 4. The van der Waals surface area contributed by atoms with E-state index in [0.717, 1.165) is 31.8 Å². The second-order valence-electron chi connectivity index (χ2n) is 5.29. The maximum absolute atomic E-state index is 12.3. The summed E-state index contributed by atoms with van der Waals surface area (Å²) in [4.78, 5) is 18.5. The second-order valence-corrected chi connectivity index (χ2v) is 7.17. The Bertz CT molecular complexity index is 447. The molecule has 2 fully saturated rings. The average Bonchev–Trinajstić information content (AvgIpc) is 3.05. The van der Waals surface area contributed by atoms with Crippen LogP contribution in [0.1, 0.15) is 49.1 Å². The first-order valence-electron chi connectivity index (χ1n) is 6.50. The van der Waals surface area contributed by atoms with Gasteiger partial charge in [-0.25, -0.2) is 4.98 Å². The average molecular weight is 266 g/mol. The summed E-state index contributed by atoms with van der Waals surface area (Å²) in [5.74, 6) is 1.69. The van der Waals surface area contributed by atoms with E-state index < -0.39 is 0 Å². The molecule has 0 aromatic carbocycles. The summed E-state index contributed by atoms with van der Waals surface area (Å²) < 4.78 is 0. The van der Waals surface area contributed by atoms with Crippen LogP contribution in [-0.2, 0) is 0 Å². The summed E-state index contributed by atoms with van der Waals surface area (Å²) in [5.41, 5.74) is 0. The van der Waals surface area contributed by atoms with Crippen LogP contribution in [-0.4, -0.2) is 49.6 Å². The molecule has 0 bridgehead atoms. The van der Waals surface area contributed by atoms with Crippen molar-refractivity contribution in [2.75, 3.05) is 13.1 Å². The molecule has 1 aliphatic heterocycles. The lowest BCUT2D eigenvalue weighted by Gasteiger charge is -2.33. The number of amides is 1. The number of aromatic nitrogens is 3. The van der Waals surface area contributed by atoms with Crippen molar-refractivity contribution >= 4 is 17.7 Å². The van der Waals surface area contributed by atoms with Crippen molar-refractivity contribution in [3.8, 4) is 0 Å². The van der Waals surface area contributed by atoms with Crippen molar-refractivity contribution in [3.05, 3.63) is 11.6 Å². The van der Waals surface area contributed by atoms with Crippen LogP contribution in [0.5, 0.6) is 0 Å². The van der Waals surface area contributed by atoms with Gasteiger partial charge in [0.05, 0.1) is 0 Å². The Hall–Kier alpha value is -1.04. The third-order valence-electron chi connectivity index (χ3n) is 3.36. The van der Waals surface area contributed by atoms with Crippen LogP contribution in [0.15, 0.2) is 0 Å². The molecule has 2 atom stereocenters. The Morgan fingerprint density at radius 1 is 1.33 bits per heavy atom. The van der Waals surface area contributed by atoms with Gasteiger partial charge in [0.15, 0.2) is 0 Å². The smallest absolute Gasteiger partial charge is 0.293 e. The van der Waals surface area contributed by atoms with Gasteiger partial charge in [0.2, 0.25) is 5.82 Å². The third-order valence-corrected chi connectivity index (χ3v) is 4.59. The number of hydrogen-bond donors (Lipinski definition) is 1. The number of H-pyrrole nitrogens is 1. The lowest BCUT2D eigenvalue weighted by Crippen LogP contribution is -2.44. The van der Waals surface area contributed by atoms with Crippen LogP contribution in [0.25, 0.3) is 0 Å². The standard InChI is InChI=1S/C12H18N4OS/c1-7-5-16(6-8(2)18-7)12(17)11-13-10(14-15-11)9-3-4-9/h7-9H,3-6H2,1-2H3,(H,13,14,15). The molecule has 1 saturated heterocycles. The van der Waals surface area contributed by atoms with Gasteiger partial charge in [-0.05, 0) is 12.8 Å². The highest BCUT2D eigenvalue weighted by Crippen LogP contribution is 2.37. The van der Waals surface area contributed by atoms with Gasteiger partial charge in [-0.3, -0.25) is 9.89 Å². The number of nitrogens with one attached hydrogen (secondary N) is 1. The second kappa shape index (κ2) is 4.57. The van der Waals surface area contributed by atoms with Crippen molar-refractivity contribution in [3.63, 3.8) is 0 Å². The van der Waals surface area contributed by atoms with Gasteiger partial charge in [-0.2, -0.15) is 11.8 Å². The summed E-state index contributed by atoms with van der Waals surface area (Å²) in [5, 5.41) is 7.94. The minimum absolute atomic E-state index is 0.0304. The molecule has 2 heterocycles. The Morgan fingerprint density at radius 3 is 2.61 bits per heavy atom. The zero-order valence-corrected chi connectivity index (χ0v) is 11.5. The van der Waals surface area contributed by atoms with Gasteiger partial charge in [-0.15, -0.1) is 5.10 Å². The zero-order chi connectivity index (χ0) is 12.7. The molecule has 2 unspecified atom stereocenters. The lowest BCUT2D eigenvalue weighted by molar-refractivity contribution is 0.0741. The molecule has 3 rings (SSSR count). The van der Waals surface area contributed by atoms with Crippen LogP contribution in [0.2, 0.25) is 0 Å². The molecule has 6 heteroatoms. The Kier molecular flexibility index (Phi) is 3.05. The lowest BCUT2D eigenvalue weighted by atomic mass is 10.3. The van der Waals surface area contributed by atoms with Crippen molar-refractivity contribution in [2.24, 2.45) is 0 Å². The molecule has 2 aliphatic rings. The van der Waals surface area contributed by atoms with Crippen molar-refractivity contribution in [1.29, 1.82) is 0 Å². The predicted molar refractivity (Wildman–Crippen MR) is 70.8 cm³/mol. The quantitative estimate of drug-likeness (QED) is 0.884. The Balaban J connectivity index is 1.72. The molecular weight excluding hydrogens is 248 g/mol. The zero-order valence-electron chi connectivity index (χ0n) is 10.7. The molecule has 1 aromatic rings. The van der Waals surface area contributed by atoms with Gasteiger partial charge in [0, 0.05) is 29.5 Å². The summed E-state index contributed by atoms with van der Waals surface area (Å²) in [6, 6.07) is 0. The number of carbonyl (C=O) groups excluding carboxylic acids is 1. The molecule has 98 valence electrons. The monoisotopic (exact) mass is 266 g/mol. The first-order chi connectivity index (χ1) is 8.63. The van der Waals surface area contributed by atoms with E-state index >= 15 is 0 Å². The van der Waals surface area contributed by atoms with Crippen molar-refractivity contribution in [1.82, 2.24) is 20.1 Å². The third kappa shape index (κ3) is 2.39. The van der Waals surface area contributed by atoms with Crippen LogP contribution < -0.4 is 0 Å². The van der Waals surface area contributed by atoms with E-state index in [0.29, 0.717) is 22.2 Å². The molecule has 1 N–H and O–H groups in total. The van der Waals surface area contributed by atoms with E-state index in [4.69, 9.17) is 0 Å². The van der Waals surface area contributed by atoms with E-state index in [9.17, 15) is 4.79 Å². The predicted octanol–water partition coefficient (Wildman–Crippen LogP) is 1.65. The summed E-state index contributed by atoms with van der Waals surface area (Å²) in [7, 11) is 0. The summed E-state index contributed by atoms with van der Waals surface area (Å²) in [6.07, 6.45) is 2.33. The van der Waals surface area contributed by atoms with E-state index in [-0.39, 0.29) is 5.91 Å². The highest BCUT2D eigenvalue weighted by molar-refractivity contribution is 8.00. The number of aromatic amines is 1. The van der Waals surface area contributed by atoms with Crippen LogP contribution in [0.4, 0.5) is 0 Å². The highest BCUT2D eigenvalue weighted by atomic mass is 32.2. The van der Waals surface area contributed by atoms with E-state index in [1.54, 1.807) is 0 Å². The first-order valence-corrected chi connectivity index (χ1v) is 7.45. The van der Waals surface area contributed by atoms with Gasteiger partial charge < -0.3 is 4.90 Å². The van der Waals surface area contributed by atoms with Gasteiger partial charge in [0.25, 0.3) is 5.91 Å². The van der Waals surface area contributed by atoms with Crippen LogP contribution in [0, 0.1) is 0 Å². The SMILES string of the molecule is CC1CN(C(=O)c2n[nH]c(C3CC3)n2)CC(C)S1. The fourth-order valence-corrected chi connectivity index (χ4v) is 3.72. The molecule has 0 radical (unpaired) electrons. The highest BCUT2D eigenvalue weighted by Gasteiger charge is 2.31. The van der Waals surface area contributed by atoms with Gasteiger partial charge >= 0.3 is 0 Å². The van der Waals surface area contributed by atoms with Crippen LogP contribution >= 0.6 is 11.8 Å². The number of rotatable bonds is 2. The van der Waals surface area contributed by atoms with E-state index in [1.807, 2.05) is 16.7 Å². The maximum Gasteiger partial charge on any atom is 0.293 e. The first kappa shape index (κ1) is 12.0. The molecule has 0 spiro atoms. The number of thioether (sulfide) groups is 1. The van der Waals surface area contributed by atoms with Crippen molar-refractivity contribution in [2.45, 2.75) is 43.1 Å². The molecule has 5 nitrogen and oxygen atoms in total. The Morgan fingerprint density at radius 2 is 2.00 bits per heavy atom. The van der Waals surface area contributed by atoms with Gasteiger partial charge in [0.1, 0.15) is 5.82 Å². The Labute approximate surface area is 111 Å². The minimum Gasteiger partial charge on any atom is -0.334 e. The normalized spacial score (nSPS) is 28.4. The summed E-state index contributed by atoms with van der Waals surface area (Å²) in [6.45, 7) is 5.91. The van der Waals surface area contributed by atoms with E-state index in [2.05, 4.69) is 29.0 Å². The largest absolute Gasteiger partial charge is 0.334 e. The molecule has 18 heavy (non-hydrogen) atoms. The molecular formula is C12H18N4OS. The van der Waals surface area contributed by atoms with Crippen molar-refractivity contribution < 1.29 is 4.79 Å². The topological polar surface area (TPSA) is 61.9 Å². The molecule has 1 aromatic heterocycles. The molecule has 1 amide bonds. The van der Waals surface area contributed by atoms with E-state index in [1.165, 1.54) is 0 Å². The molecule has 1 aliphatic carbocycles.